The summed E-state index contributed by atoms with van der Waals surface area (Å²) in [6, 6.07) is 15.4. The fourth-order valence-corrected chi connectivity index (χ4v) is 4.52. The van der Waals surface area contributed by atoms with Crippen molar-refractivity contribution in [1.82, 2.24) is 14.9 Å². The van der Waals surface area contributed by atoms with Crippen molar-refractivity contribution in [2.45, 2.75) is 39.4 Å². The molecule has 1 aliphatic heterocycles. The lowest BCUT2D eigenvalue weighted by Gasteiger charge is -2.29. The van der Waals surface area contributed by atoms with Gasteiger partial charge >= 0.3 is 0 Å². The molecule has 0 unspecified atom stereocenters. The van der Waals surface area contributed by atoms with E-state index in [1.165, 1.54) is 0 Å². The van der Waals surface area contributed by atoms with E-state index in [4.69, 9.17) is 23.8 Å². The molecule has 6 nitrogen and oxygen atoms in total. The zero-order valence-corrected chi connectivity index (χ0v) is 19.8. The minimum Gasteiger partial charge on any atom is -0.351 e. The first-order valence-corrected chi connectivity index (χ1v) is 11.5. The van der Waals surface area contributed by atoms with Gasteiger partial charge < -0.3 is 20.1 Å². The molecule has 1 aliphatic rings. The Morgan fingerprint density at radius 3 is 2.72 bits per heavy atom. The van der Waals surface area contributed by atoms with Gasteiger partial charge in [-0.25, -0.2) is 0 Å². The van der Waals surface area contributed by atoms with Crippen LogP contribution in [0.15, 0.2) is 60.9 Å². The summed E-state index contributed by atoms with van der Waals surface area (Å²) in [5, 5.41) is 7.40. The van der Waals surface area contributed by atoms with Crippen molar-refractivity contribution in [2.75, 3.05) is 10.2 Å². The van der Waals surface area contributed by atoms with Crippen LogP contribution < -0.4 is 15.5 Å². The van der Waals surface area contributed by atoms with Crippen LogP contribution in [-0.2, 0) is 11.3 Å². The molecule has 1 fully saturated rings. The van der Waals surface area contributed by atoms with E-state index in [1.807, 2.05) is 56.3 Å². The van der Waals surface area contributed by atoms with E-state index in [9.17, 15) is 4.79 Å². The number of hydrogen-bond acceptors (Lipinski definition) is 3. The van der Waals surface area contributed by atoms with Crippen LogP contribution in [0.25, 0.3) is 0 Å². The summed E-state index contributed by atoms with van der Waals surface area (Å²) in [4.78, 5) is 18.8. The van der Waals surface area contributed by atoms with Gasteiger partial charge in [-0.05, 0) is 61.6 Å². The molecule has 2 atom stereocenters. The molecular weight excluding hydrogens is 442 g/mol. The van der Waals surface area contributed by atoms with Crippen molar-refractivity contribution < 1.29 is 4.79 Å². The molecular formula is C24H26ClN5OS. The smallest absolute Gasteiger partial charge is 0.226 e. The number of pyridine rings is 1. The fraction of sp³-hybridized carbons (Fsp3) is 0.292. The Hall–Kier alpha value is -2.90. The molecule has 0 radical (unpaired) electrons. The van der Waals surface area contributed by atoms with Gasteiger partial charge in [0.15, 0.2) is 5.11 Å². The average Bonchev–Trinajstić information content (AvgIpc) is 3.39. The molecule has 1 saturated heterocycles. The number of carbonyl (C=O) groups is 1. The van der Waals surface area contributed by atoms with E-state index in [0.29, 0.717) is 15.8 Å². The Kier molecular flexibility index (Phi) is 6.48. The molecule has 2 N–H and O–H groups in total. The van der Waals surface area contributed by atoms with E-state index in [2.05, 4.69) is 44.3 Å². The molecule has 3 heterocycles. The number of amides is 1. The fourth-order valence-electron chi connectivity index (χ4n) is 3.95. The Labute approximate surface area is 198 Å². The van der Waals surface area contributed by atoms with E-state index in [-0.39, 0.29) is 23.9 Å². The van der Waals surface area contributed by atoms with Gasteiger partial charge in [-0.2, -0.15) is 0 Å². The van der Waals surface area contributed by atoms with Gasteiger partial charge in [0.25, 0.3) is 0 Å². The Bertz CT molecular complexity index is 1130. The number of aromatic nitrogens is 2. The molecule has 2 aromatic heterocycles. The molecule has 3 aromatic rings. The first-order valence-electron chi connectivity index (χ1n) is 10.7. The van der Waals surface area contributed by atoms with E-state index >= 15 is 0 Å². The summed E-state index contributed by atoms with van der Waals surface area (Å²) in [7, 11) is 0. The van der Waals surface area contributed by atoms with Gasteiger partial charge in [-0.3, -0.25) is 9.78 Å². The highest BCUT2D eigenvalue weighted by Crippen LogP contribution is 2.42. The van der Waals surface area contributed by atoms with Crippen LogP contribution in [0.4, 0.5) is 11.4 Å². The SMILES string of the molecule is CCn1cccc1[C@@H]1[C@@H](c2ccccn2)NC(=S)N1c1ccc(NC(=O)C(C)C)c(Cl)c1. The van der Waals surface area contributed by atoms with Crippen molar-refractivity contribution in [2.24, 2.45) is 5.92 Å². The van der Waals surface area contributed by atoms with E-state index in [1.54, 1.807) is 6.20 Å². The number of thiocarbonyl (C=S) groups is 1. The van der Waals surface area contributed by atoms with Gasteiger partial charge in [0, 0.05) is 36.2 Å². The number of anilines is 2. The molecule has 0 saturated carbocycles. The maximum atomic E-state index is 12.1. The minimum absolute atomic E-state index is 0.0770. The third-order valence-corrected chi connectivity index (χ3v) is 6.25. The molecule has 1 amide bonds. The quantitative estimate of drug-likeness (QED) is 0.480. The van der Waals surface area contributed by atoms with E-state index < -0.39 is 0 Å². The number of carbonyl (C=O) groups excluding carboxylic acids is 1. The molecule has 0 bridgehead atoms. The number of benzene rings is 1. The average molecular weight is 468 g/mol. The van der Waals surface area contributed by atoms with Crippen molar-refractivity contribution in [1.29, 1.82) is 0 Å². The highest BCUT2D eigenvalue weighted by Gasteiger charge is 2.42. The summed E-state index contributed by atoms with van der Waals surface area (Å²) in [5.74, 6) is -0.210. The predicted octanol–water partition coefficient (Wildman–Crippen LogP) is 5.33. The molecule has 166 valence electrons. The monoisotopic (exact) mass is 467 g/mol. The maximum absolute atomic E-state index is 12.1. The molecule has 32 heavy (non-hydrogen) atoms. The Morgan fingerprint density at radius 2 is 2.06 bits per heavy atom. The van der Waals surface area contributed by atoms with Crippen LogP contribution in [0.3, 0.4) is 0 Å². The summed E-state index contributed by atoms with van der Waals surface area (Å²) in [6.45, 7) is 6.65. The predicted molar refractivity (Wildman–Crippen MR) is 133 cm³/mol. The number of halogens is 1. The summed E-state index contributed by atoms with van der Waals surface area (Å²) in [5.41, 5.74) is 3.48. The maximum Gasteiger partial charge on any atom is 0.226 e. The summed E-state index contributed by atoms with van der Waals surface area (Å²) >= 11 is 12.3. The van der Waals surface area contributed by atoms with Crippen molar-refractivity contribution in [3.63, 3.8) is 0 Å². The second kappa shape index (κ2) is 9.30. The molecule has 0 spiro atoms. The van der Waals surface area contributed by atoms with Crippen LogP contribution in [-0.4, -0.2) is 20.6 Å². The lowest BCUT2D eigenvalue weighted by atomic mass is 10.0. The number of nitrogens with zero attached hydrogens (tertiary/aromatic N) is 3. The van der Waals surface area contributed by atoms with Crippen molar-refractivity contribution in [3.8, 4) is 0 Å². The number of hydrogen-bond donors (Lipinski definition) is 2. The first-order chi connectivity index (χ1) is 15.4. The lowest BCUT2D eigenvalue weighted by Crippen LogP contribution is -2.30. The minimum atomic E-state index is -0.133. The van der Waals surface area contributed by atoms with Crippen LogP contribution in [0.1, 0.15) is 44.2 Å². The highest BCUT2D eigenvalue weighted by atomic mass is 35.5. The lowest BCUT2D eigenvalue weighted by molar-refractivity contribution is -0.118. The van der Waals surface area contributed by atoms with Crippen LogP contribution in [0.5, 0.6) is 0 Å². The summed E-state index contributed by atoms with van der Waals surface area (Å²) in [6.07, 6.45) is 3.86. The normalized spacial score (nSPS) is 18.2. The molecule has 0 aliphatic carbocycles. The Morgan fingerprint density at radius 1 is 1.25 bits per heavy atom. The van der Waals surface area contributed by atoms with Gasteiger partial charge in [-0.1, -0.05) is 31.5 Å². The second-order valence-corrected chi connectivity index (χ2v) is 8.82. The van der Waals surface area contributed by atoms with Gasteiger partial charge in [-0.15, -0.1) is 0 Å². The van der Waals surface area contributed by atoms with Crippen LogP contribution in [0, 0.1) is 5.92 Å². The van der Waals surface area contributed by atoms with Crippen molar-refractivity contribution >= 4 is 46.2 Å². The topological polar surface area (TPSA) is 62.2 Å². The van der Waals surface area contributed by atoms with E-state index in [0.717, 1.165) is 23.6 Å². The largest absolute Gasteiger partial charge is 0.351 e. The first kappa shape index (κ1) is 22.3. The zero-order chi connectivity index (χ0) is 22.8. The van der Waals surface area contributed by atoms with Crippen LogP contribution >= 0.6 is 23.8 Å². The second-order valence-electron chi connectivity index (χ2n) is 8.02. The highest BCUT2D eigenvalue weighted by molar-refractivity contribution is 7.80. The molecule has 8 heteroatoms. The van der Waals surface area contributed by atoms with Gasteiger partial charge in [0.05, 0.1) is 22.4 Å². The summed E-state index contributed by atoms with van der Waals surface area (Å²) < 4.78 is 2.21. The van der Waals surface area contributed by atoms with Gasteiger partial charge in [0.1, 0.15) is 6.04 Å². The molecule has 1 aromatic carbocycles. The van der Waals surface area contributed by atoms with Crippen molar-refractivity contribution in [3.05, 3.63) is 77.3 Å². The third-order valence-electron chi connectivity index (χ3n) is 5.62. The molecule has 4 rings (SSSR count). The standard InChI is InChI=1S/C24H26ClN5OS/c1-4-29-13-7-9-20(29)22-21(19-8-5-6-12-26-19)28-24(32)30(22)16-10-11-18(17(25)14-16)27-23(31)15(2)3/h5-15,21-22H,4H2,1-3H3,(H,27,31)(H,28,32)/t21-,22-/m1/s1. The third kappa shape index (κ3) is 4.23. The number of nitrogens with one attached hydrogen (secondary N) is 2. The Balaban J connectivity index is 1.75. The van der Waals surface area contributed by atoms with Gasteiger partial charge in [0.2, 0.25) is 5.91 Å². The zero-order valence-electron chi connectivity index (χ0n) is 18.2. The number of rotatable bonds is 6. The number of aryl methyl sites for hydroxylation is 1. The van der Waals surface area contributed by atoms with Crippen LogP contribution in [0.2, 0.25) is 5.02 Å².